The molecule has 0 bridgehead atoms. The van der Waals surface area contributed by atoms with Crippen LogP contribution >= 0.6 is 0 Å². The quantitative estimate of drug-likeness (QED) is 0.687. The van der Waals surface area contributed by atoms with Crippen LogP contribution in [0, 0.1) is 17.6 Å². The molecule has 1 saturated heterocycles. The molecule has 2 atom stereocenters. The number of pyridine rings is 1. The first-order valence-electron chi connectivity index (χ1n) is 8.71. The molecule has 27 heavy (non-hydrogen) atoms. The molecule has 0 radical (unpaired) electrons. The number of hydrogen-bond acceptors (Lipinski definition) is 4. The standard InChI is InChI=1S/C20H19F2N3O2/c1-26-17-3-2-15(21)19(22)18(17)20-24-8-9-25(20)16-12-27-11-14(16)10-13-4-6-23-7-5-13/h2-9,14,16H,10-12H2,1H3/t14-,16+/m0/s1. The zero-order chi connectivity index (χ0) is 18.8. The summed E-state index contributed by atoms with van der Waals surface area (Å²) in [6.07, 6.45) is 7.68. The van der Waals surface area contributed by atoms with Crippen molar-refractivity contribution in [2.45, 2.75) is 12.5 Å². The Kier molecular flexibility index (Phi) is 4.85. The van der Waals surface area contributed by atoms with Crippen molar-refractivity contribution < 1.29 is 18.3 Å². The number of nitrogens with zero attached hydrogens (tertiary/aromatic N) is 3. The van der Waals surface area contributed by atoms with E-state index in [0.717, 1.165) is 18.1 Å². The fourth-order valence-electron chi connectivity index (χ4n) is 3.60. The van der Waals surface area contributed by atoms with Gasteiger partial charge in [-0.05, 0) is 36.2 Å². The Balaban J connectivity index is 1.71. The van der Waals surface area contributed by atoms with Crippen molar-refractivity contribution in [3.8, 4) is 17.1 Å². The highest BCUT2D eigenvalue weighted by Crippen LogP contribution is 2.37. The number of benzene rings is 1. The van der Waals surface area contributed by atoms with Crippen LogP contribution in [0.15, 0.2) is 49.1 Å². The summed E-state index contributed by atoms with van der Waals surface area (Å²) in [5.41, 5.74) is 1.18. The minimum Gasteiger partial charge on any atom is -0.496 e. The normalized spacial score (nSPS) is 19.4. The third-order valence-electron chi connectivity index (χ3n) is 4.94. The molecular formula is C20H19F2N3O2. The first-order valence-corrected chi connectivity index (χ1v) is 8.71. The van der Waals surface area contributed by atoms with Crippen LogP contribution in [-0.4, -0.2) is 34.9 Å². The van der Waals surface area contributed by atoms with Crippen LogP contribution < -0.4 is 4.74 Å². The number of hydrogen-bond donors (Lipinski definition) is 0. The summed E-state index contributed by atoms with van der Waals surface area (Å²) >= 11 is 0. The maximum atomic E-state index is 14.6. The summed E-state index contributed by atoms with van der Waals surface area (Å²) < 4.78 is 41.3. The first-order chi connectivity index (χ1) is 13.2. The van der Waals surface area contributed by atoms with E-state index in [0.29, 0.717) is 19.0 Å². The van der Waals surface area contributed by atoms with Gasteiger partial charge in [0.25, 0.3) is 0 Å². The van der Waals surface area contributed by atoms with Gasteiger partial charge in [0.2, 0.25) is 0 Å². The predicted molar refractivity (Wildman–Crippen MR) is 95.4 cm³/mol. The zero-order valence-corrected chi connectivity index (χ0v) is 14.8. The summed E-state index contributed by atoms with van der Waals surface area (Å²) in [7, 11) is 1.42. The number of methoxy groups -OCH3 is 1. The van der Waals surface area contributed by atoms with Gasteiger partial charge < -0.3 is 14.0 Å². The van der Waals surface area contributed by atoms with Crippen LogP contribution in [0.25, 0.3) is 11.4 Å². The maximum Gasteiger partial charge on any atom is 0.173 e. The number of imidazole rings is 1. The summed E-state index contributed by atoms with van der Waals surface area (Å²) in [6.45, 7) is 1.08. The third-order valence-corrected chi connectivity index (χ3v) is 4.94. The van der Waals surface area contributed by atoms with Crippen molar-refractivity contribution in [3.63, 3.8) is 0 Å². The van der Waals surface area contributed by atoms with E-state index in [2.05, 4.69) is 9.97 Å². The van der Waals surface area contributed by atoms with Crippen molar-refractivity contribution in [1.29, 1.82) is 0 Å². The van der Waals surface area contributed by atoms with Crippen molar-refractivity contribution in [3.05, 3.63) is 66.3 Å². The molecule has 1 fully saturated rings. The molecule has 1 aromatic carbocycles. The lowest BCUT2D eigenvalue weighted by Crippen LogP contribution is -2.20. The predicted octanol–water partition coefficient (Wildman–Crippen LogP) is 3.66. The molecule has 2 aromatic heterocycles. The smallest absolute Gasteiger partial charge is 0.173 e. The van der Waals surface area contributed by atoms with Crippen molar-refractivity contribution >= 4 is 0 Å². The Hall–Kier alpha value is -2.80. The Morgan fingerprint density at radius 1 is 1.15 bits per heavy atom. The van der Waals surface area contributed by atoms with E-state index in [4.69, 9.17) is 9.47 Å². The molecule has 0 aliphatic carbocycles. The largest absolute Gasteiger partial charge is 0.496 e. The SMILES string of the molecule is COc1ccc(F)c(F)c1-c1nccn1[C@@H]1COC[C@@H]1Cc1ccncc1. The van der Waals surface area contributed by atoms with E-state index < -0.39 is 11.6 Å². The molecule has 140 valence electrons. The molecule has 1 aliphatic rings. The van der Waals surface area contributed by atoms with Crippen molar-refractivity contribution in [1.82, 2.24) is 14.5 Å². The lowest BCUT2D eigenvalue weighted by molar-refractivity contribution is 0.181. The van der Waals surface area contributed by atoms with E-state index in [1.807, 2.05) is 16.7 Å². The average molecular weight is 371 g/mol. The third kappa shape index (κ3) is 3.30. The molecule has 1 aliphatic heterocycles. The topological polar surface area (TPSA) is 49.2 Å². The minimum atomic E-state index is -0.966. The van der Waals surface area contributed by atoms with Crippen LogP contribution in [0.5, 0.6) is 5.75 Å². The lowest BCUT2D eigenvalue weighted by Gasteiger charge is -2.22. The van der Waals surface area contributed by atoms with Gasteiger partial charge in [-0.1, -0.05) is 0 Å². The Bertz CT molecular complexity index is 930. The average Bonchev–Trinajstić information content (AvgIpc) is 3.33. The summed E-state index contributed by atoms with van der Waals surface area (Å²) in [4.78, 5) is 8.34. The van der Waals surface area contributed by atoms with Gasteiger partial charge in [0.1, 0.15) is 11.6 Å². The number of aromatic nitrogens is 3. The number of halogens is 2. The molecule has 5 nitrogen and oxygen atoms in total. The molecule has 0 N–H and O–H groups in total. The van der Waals surface area contributed by atoms with Gasteiger partial charge in [0.15, 0.2) is 11.6 Å². The highest BCUT2D eigenvalue weighted by Gasteiger charge is 2.32. The van der Waals surface area contributed by atoms with E-state index in [1.54, 1.807) is 24.8 Å². The highest BCUT2D eigenvalue weighted by atomic mass is 19.2. The molecule has 3 aromatic rings. The van der Waals surface area contributed by atoms with Crippen LogP contribution in [0.1, 0.15) is 11.6 Å². The number of ether oxygens (including phenoxy) is 2. The van der Waals surface area contributed by atoms with Crippen molar-refractivity contribution in [2.24, 2.45) is 5.92 Å². The van der Waals surface area contributed by atoms with Crippen LogP contribution in [0.2, 0.25) is 0 Å². The van der Waals surface area contributed by atoms with Gasteiger partial charge in [-0.25, -0.2) is 13.8 Å². The molecule has 3 heterocycles. The molecular weight excluding hydrogens is 352 g/mol. The molecule has 4 rings (SSSR count). The monoisotopic (exact) mass is 371 g/mol. The number of rotatable bonds is 5. The van der Waals surface area contributed by atoms with E-state index >= 15 is 0 Å². The van der Waals surface area contributed by atoms with Gasteiger partial charge in [0.05, 0.1) is 31.9 Å². The first kappa shape index (κ1) is 17.6. The zero-order valence-electron chi connectivity index (χ0n) is 14.8. The highest BCUT2D eigenvalue weighted by molar-refractivity contribution is 5.65. The van der Waals surface area contributed by atoms with E-state index in [-0.39, 0.29) is 23.3 Å². The van der Waals surface area contributed by atoms with Gasteiger partial charge in [-0.3, -0.25) is 4.98 Å². The Labute approximate surface area is 155 Å². The van der Waals surface area contributed by atoms with Gasteiger partial charge in [0, 0.05) is 30.7 Å². The minimum absolute atomic E-state index is 0.0251. The summed E-state index contributed by atoms with van der Waals surface area (Å²) in [5.74, 6) is -1.14. The van der Waals surface area contributed by atoms with Gasteiger partial charge in [-0.2, -0.15) is 0 Å². The van der Waals surface area contributed by atoms with Crippen LogP contribution in [-0.2, 0) is 11.2 Å². The Morgan fingerprint density at radius 3 is 2.74 bits per heavy atom. The fourth-order valence-corrected chi connectivity index (χ4v) is 3.60. The fraction of sp³-hybridized carbons (Fsp3) is 0.300. The van der Waals surface area contributed by atoms with Crippen LogP contribution in [0.4, 0.5) is 8.78 Å². The Morgan fingerprint density at radius 2 is 1.96 bits per heavy atom. The second-order valence-corrected chi connectivity index (χ2v) is 6.52. The van der Waals surface area contributed by atoms with E-state index in [1.165, 1.54) is 13.2 Å². The summed E-state index contributed by atoms with van der Waals surface area (Å²) in [5, 5.41) is 0. The second kappa shape index (κ2) is 7.44. The maximum absolute atomic E-state index is 14.6. The van der Waals surface area contributed by atoms with Gasteiger partial charge in [-0.15, -0.1) is 0 Å². The molecule has 0 unspecified atom stereocenters. The molecule has 0 saturated carbocycles. The molecule has 0 amide bonds. The summed E-state index contributed by atoms with van der Waals surface area (Å²) in [6, 6.07) is 6.37. The molecule has 7 heteroatoms. The van der Waals surface area contributed by atoms with Crippen LogP contribution in [0.3, 0.4) is 0 Å². The molecule has 0 spiro atoms. The lowest BCUT2D eigenvalue weighted by atomic mass is 9.95. The van der Waals surface area contributed by atoms with E-state index in [9.17, 15) is 8.78 Å². The second-order valence-electron chi connectivity index (χ2n) is 6.52. The van der Waals surface area contributed by atoms with Gasteiger partial charge >= 0.3 is 0 Å². The van der Waals surface area contributed by atoms with Crippen molar-refractivity contribution in [2.75, 3.05) is 20.3 Å².